The maximum absolute atomic E-state index is 5.29. The summed E-state index contributed by atoms with van der Waals surface area (Å²) in [6, 6.07) is 29.5. The van der Waals surface area contributed by atoms with Gasteiger partial charge in [0.1, 0.15) is 0 Å². The fourth-order valence-corrected chi connectivity index (χ4v) is 9.34. The summed E-state index contributed by atoms with van der Waals surface area (Å²) in [5.74, 6) is 0. The Bertz CT molecular complexity index is 1830. The smallest absolute Gasteiger partial charge is 0.218 e. The second-order valence-electron chi connectivity index (χ2n) is 11.9. The van der Waals surface area contributed by atoms with E-state index in [9.17, 15) is 0 Å². The summed E-state index contributed by atoms with van der Waals surface area (Å²) in [5.41, 5.74) is 14.4. The molecular formula is C38H36IN2+. The Labute approximate surface area is 254 Å². The molecule has 3 heteroatoms. The van der Waals surface area contributed by atoms with Gasteiger partial charge in [0, 0.05) is 47.7 Å². The van der Waals surface area contributed by atoms with Crippen LogP contribution in [0.25, 0.3) is 37.4 Å². The van der Waals surface area contributed by atoms with Crippen LogP contribution in [-0.2, 0) is 10.8 Å². The third kappa shape index (κ3) is 3.92. The second-order valence-corrected chi connectivity index (χ2v) is 14.1. The first-order chi connectivity index (χ1) is 19.9. The van der Waals surface area contributed by atoms with Crippen LogP contribution in [0.3, 0.4) is 0 Å². The highest BCUT2D eigenvalue weighted by molar-refractivity contribution is 14.2. The van der Waals surface area contributed by atoms with Crippen LogP contribution >= 0.6 is 21.0 Å². The van der Waals surface area contributed by atoms with Crippen molar-refractivity contribution >= 4 is 36.0 Å². The normalized spacial score (nSPS) is 17.7. The van der Waals surface area contributed by atoms with E-state index in [0.717, 1.165) is 25.0 Å². The molecule has 4 aromatic rings. The molecule has 0 saturated heterocycles. The summed E-state index contributed by atoms with van der Waals surface area (Å²) in [6.45, 7) is 13.9. The highest BCUT2D eigenvalue weighted by Gasteiger charge is 2.45. The molecular weight excluding hydrogens is 611 g/mol. The number of rotatable bonds is 4. The van der Waals surface area contributed by atoms with Crippen molar-refractivity contribution in [2.24, 2.45) is 3.15 Å². The molecule has 3 heterocycles. The summed E-state index contributed by atoms with van der Waals surface area (Å²) in [4.78, 5) is 0. The minimum Gasteiger partial charge on any atom is -0.222 e. The van der Waals surface area contributed by atoms with Gasteiger partial charge in [0.25, 0.3) is 0 Å². The highest BCUT2D eigenvalue weighted by atomic mass is 127. The predicted octanol–water partition coefficient (Wildman–Crippen LogP) is 10.4. The van der Waals surface area contributed by atoms with Crippen LogP contribution in [0, 0.1) is 0 Å². The Morgan fingerprint density at radius 1 is 0.780 bits per heavy atom. The zero-order valence-electron chi connectivity index (χ0n) is 24.3. The van der Waals surface area contributed by atoms with Gasteiger partial charge in [-0.15, -0.1) is 0 Å². The minimum absolute atomic E-state index is 0.000620. The first-order valence-electron chi connectivity index (χ1n) is 14.7. The molecule has 2 nitrogen and oxygen atoms in total. The van der Waals surface area contributed by atoms with Crippen molar-refractivity contribution in [2.45, 2.75) is 57.8 Å². The molecule has 0 saturated carbocycles. The van der Waals surface area contributed by atoms with Crippen molar-refractivity contribution in [3.05, 3.63) is 132 Å². The average Bonchev–Trinajstić information content (AvgIpc) is 3.15. The molecule has 41 heavy (non-hydrogen) atoms. The standard InChI is InChI=1S/C38H36IN2/c1-6-38(7-2)25(3)41-22-11-10-17-36(41)30-23-26(19-21-32(30)38)34-15-12-16-35(40-39-34)27-18-20-29-28-13-8-9-14-31(28)37(4,5)33(29)24-27/h8-11,13-24H,3,6-7,12H2,1-2,4-5H3/q+1. The highest BCUT2D eigenvalue weighted by Crippen LogP contribution is 2.50. The van der Waals surface area contributed by atoms with Gasteiger partial charge >= 0.3 is 0 Å². The number of aromatic nitrogens is 1. The average molecular weight is 648 g/mol. The Kier molecular flexibility index (Phi) is 6.35. The van der Waals surface area contributed by atoms with E-state index in [2.05, 4.69) is 136 Å². The van der Waals surface area contributed by atoms with E-state index in [1.54, 1.807) is 0 Å². The van der Waals surface area contributed by atoms with E-state index in [1.807, 2.05) is 0 Å². The summed E-state index contributed by atoms with van der Waals surface area (Å²) < 4.78 is 9.00. The third-order valence-corrected chi connectivity index (χ3v) is 12.1. The molecule has 3 aromatic carbocycles. The summed E-state index contributed by atoms with van der Waals surface area (Å²) in [6.07, 6.45) is 9.88. The van der Waals surface area contributed by atoms with Gasteiger partial charge < -0.3 is 0 Å². The lowest BCUT2D eigenvalue weighted by Crippen LogP contribution is -2.48. The molecule has 3 aliphatic rings. The summed E-state index contributed by atoms with van der Waals surface area (Å²) in [5, 5.41) is 0. The largest absolute Gasteiger partial charge is 0.222 e. The van der Waals surface area contributed by atoms with Crippen LogP contribution in [0.2, 0.25) is 0 Å². The fourth-order valence-electron chi connectivity index (χ4n) is 7.28. The summed E-state index contributed by atoms with van der Waals surface area (Å²) in [7, 11) is 0. The van der Waals surface area contributed by atoms with Crippen molar-refractivity contribution in [1.82, 2.24) is 0 Å². The number of halogens is 1. The van der Waals surface area contributed by atoms with Crippen LogP contribution < -0.4 is 4.57 Å². The van der Waals surface area contributed by atoms with Crippen molar-refractivity contribution in [2.75, 3.05) is 0 Å². The lowest BCUT2D eigenvalue weighted by atomic mass is 9.69. The van der Waals surface area contributed by atoms with Crippen LogP contribution in [0.4, 0.5) is 0 Å². The zero-order valence-corrected chi connectivity index (χ0v) is 26.5. The van der Waals surface area contributed by atoms with Gasteiger partial charge in [-0.05, 0) is 77.4 Å². The number of benzene rings is 3. The number of hydrogen-bond donors (Lipinski definition) is 0. The Balaban J connectivity index is 1.24. The molecule has 204 valence electrons. The molecule has 7 rings (SSSR count). The van der Waals surface area contributed by atoms with E-state index >= 15 is 0 Å². The molecule has 0 spiro atoms. The quantitative estimate of drug-likeness (QED) is 0.155. The number of pyridine rings is 1. The monoisotopic (exact) mass is 647 g/mol. The first kappa shape index (κ1) is 26.5. The minimum atomic E-state index is -0.532. The Morgan fingerprint density at radius 3 is 2.37 bits per heavy atom. The Morgan fingerprint density at radius 2 is 1.54 bits per heavy atom. The van der Waals surface area contributed by atoms with E-state index < -0.39 is 21.0 Å². The second kappa shape index (κ2) is 9.84. The number of nitrogens with zero attached hydrogens (tertiary/aromatic N) is 2. The van der Waals surface area contributed by atoms with Crippen LogP contribution in [0.5, 0.6) is 0 Å². The lowest BCUT2D eigenvalue weighted by molar-refractivity contribution is -0.577. The maximum Gasteiger partial charge on any atom is 0.218 e. The van der Waals surface area contributed by atoms with Gasteiger partial charge in [-0.25, -0.2) is 3.15 Å². The fraction of sp³-hybridized carbons (Fsp3) is 0.237. The number of fused-ring (bicyclic) bond motifs is 6. The van der Waals surface area contributed by atoms with Crippen molar-refractivity contribution in [3.63, 3.8) is 0 Å². The predicted molar refractivity (Wildman–Crippen MR) is 181 cm³/mol. The van der Waals surface area contributed by atoms with Gasteiger partial charge in [-0.1, -0.05) is 88.4 Å². The van der Waals surface area contributed by atoms with Crippen molar-refractivity contribution < 1.29 is 4.57 Å². The first-order valence-corrected chi connectivity index (χ1v) is 16.8. The maximum atomic E-state index is 5.29. The van der Waals surface area contributed by atoms with E-state index in [0.29, 0.717) is 0 Å². The van der Waals surface area contributed by atoms with E-state index in [4.69, 9.17) is 3.15 Å². The molecule has 0 bridgehead atoms. The molecule has 0 N–H and O–H groups in total. The SMILES string of the molecule is C=C1[n+]2ccccc2-c2cc(C3=CCC=C(c4ccc5c(c4)C(C)(C)c4ccccc4-5)N=I3)ccc2C1(CC)CC. The van der Waals surface area contributed by atoms with Gasteiger partial charge in [-0.3, -0.25) is 0 Å². The van der Waals surface area contributed by atoms with Gasteiger partial charge in [0.2, 0.25) is 5.69 Å². The zero-order chi connectivity index (χ0) is 28.4. The topological polar surface area (TPSA) is 16.2 Å². The van der Waals surface area contributed by atoms with Crippen LogP contribution in [-0.4, -0.2) is 0 Å². The van der Waals surface area contributed by atoms with E-state index in [-0.39, 0.29) is 10.8 Å². The van der Waals surface area contributed by atoms with Gasteiger partial charge in [0.05, 0.1) is 16.7 Å². The van der Waals surface area contributed by atoms with E-state index in [1.165, 1.54) is 59.5 Å². The molecule has 0 atom stereocenters. The molecule has 0 amide bonds. The number of allylic oxidation sites excluding steroid dienone is 3. The van der Waals surface area contributed by atoms with Crippen LogP contribution in [0.15, 0.2) is 107 Å². The molecule has 0 unspecified atom stereocenters. The van der Waals surface area contributed by atoms with Crippen LogP contribution in [0.1, 0.15) is 74.8 Å². The van der Waals surface area contributed by atoms with Gasteiger partial charge in [-0.2, -0.15) is 4.57 Å². The third-order valence-electron chi connectivity index (χ3n) is 9.71. The molecule has 2 aliphatic heterocycles. The molecule has 0 radical (unpaired) electrons. The van der Waals surface area contributed by atoms with Crippen molar-refractivity contribution in [3.8, 4) is 22.4 Å². The number of hydrogen-bond acceptors (Lipinski definition) is 1. The van der Waals surface area contributed by atoms with Crippen molar-refractivity contribution in [1.29, 1.82) is 0 Å². The Hall–Kier alpha value is -3.44. The molecule has 1 aliphatic carbocycles. The summed E-state index contributed by atoms with van der Waals surface area (Å²) >= 11 is -0.532. The van der Waals surface area contributed by atoms with Gasteiger partial charge in [0.15, 0.2) is 11.9 Å². The molecule has 0 fully saturated rings. The molecule has 1 aromatic heterocycles. The lowest BCUT2D eigenvalue weighted by Gasteiger charge is -2.35.